The first-order valence-electron chi connectivity index (χ1n) is 11.8. The van der Waals surface area contributed by atoms with Crippen molar-refractivity contribution < 1.29 is 33.3 Å². The maximum Gasteiger partial charge on any atom is 0.267 e. The number of ether oxygens (including phenoxy) is 5. The van der Waals surface area contributed by atoms with Crippen LogP contribution in [0.5, 0.6) is 28.7 Å². The third-order valence-corrected chi connectivity index (χ3v) is 5.93. The molecule has 2 amide bonds. The number of benzene rings is 3. The summed E-state index contributed by atoms with van der Waals surface area (Å²) < 4.78 is 27.7. The maximum absolute atomic E-state index is 13.1. The SMILES string of the molecule is COc1cc(C(=O)Nc2ccc3c(c2)N(CCOc2cccc(C)c2)C(=O)C(C)O3)cc(OC)c1OC. The molecule has 3 aromatic rings. The lowest BCUT2D eigenvalue weighted by molar-refractivity contribution is -0.125. The molecule has 0 fully saturated rings. The quantitative estimate of drug-likeness (QED) is 0.458. The lowest BCUT2D eigenvalue weighted by atomic mass is 10.1. The van der Waals surface area contributed by atoms with E-state index in [1.54, 1.807) is 42.2 Å². The summed E-state index contributed by atoms with van der Waals surface area (Å²) in [5.41, 5.74) is 2.45. The average Bonchev–Trinajstić information content (AvgIpc) is 2.90. The summed E-state index contributed by atoms with van der Waals surface area (Å²) in [4.78, 5) is 27.7. The smallest absolute Gasteiger partial charge is 0.267 e. The molecule has 1 heterocycles. The highest BCUT2D eigenvalue weighted by atomic mass is 16.5. The van der Waals surface area contributed by atoms with Crippen molar-refractivity contribution in [2.75, 3.05) is 44.7 Å². The molecule has 37 heavy (non-hydrogen) atoms. The molecule has 0 saturated heterocycles. The Labute approximate surface area is 215 Å². The topological polar surface area (TPSA) is 95.6 Å². The summed E-state index contributed by atoms with van der Waals surface area (Å²) in [6, 6.07) is 16.0. The first-order chi connectivity index (χ1) is 17.8. The van der Waals surface area contributed by atoms with Crippen LogP contribution in [0.25, 0.3) is 0 Å². The van der Waals surface area contributed by atoms with Crippen molar-refractivity contribution >= 4 is 23.2 Å². The van der Waals surface area contributed by atoms with E-state index in [-0.39, 0.29) is 11.8 Å². The van der Waals surface area contributed by atoms with Crippen molar-refractivity contribution in [2.24, 2.45) is 0 Å². The summed E-state index contributed by atoms with van der Waals surface area (Å²) in [6.45, 7) is 4.31. The Kier molecular flexibility index (Phi) is 7.71. The highest BCUT2D eigenvalue weighted by Crippen LogP contribution is 2.39. The minimum atomic E-state index is -0.633. The number of methoxy groups -OCH3 is 3. The molecule has 3 aromatic carbocycles. The second-order valence-electron chi connectivity index (χ2n) is 8.47. The number of hydrogen-bond donors (Lipinski definition) is 1. The van der Waals surface area contributed by atoms with Gasteiger partial charge in [0.2, 0.25) is 5.75 Å². The third kappa shape index (κ3) is 5.55. The van der Waals surface area contributed by atoms with Crippen molar-refractivity contribution in [3.8, 4) is 28.7 Å². The fourth-order valence-corrected chi connectivity index (χ4v) is 4.09. The lowest BCUT2D eigenvalue weighted by Crippen LogP contribution is -2.46. The number of anilines is 2. The predicted molar refractivity (Wildman–Crippen MR) is 140 cm³/mol. The second-order valence-corrected chi connectivity index (χ2v) is 8.47. The van der Waals surface area contributed by atoms with E-state index in [4.69, 9.17) is 23.7 Å². The number of amides is 2. The van der Waals surface area contributed by atoms with Gasteiger partial charge in [-0.25, -0.2) is 0 Å². The number of nitrogens with zero attached hydrogens (tertiary/aromatic N) is 1. The minimum Gasteiger partial charge on any atom is -0.493 e. The molecule has 0 spiro atoms. The van der Waals surface area contributed by atoms with Gasteiger partial charge in [0.1, 0.15) is 18.1 Å². The Morgan fingerprint density at radius 3 is 2.38 bits per heavy atom. The zero-order valence-corrected chi connectivity index (χ0v) is 21.5. The number of fused-ring (bicyclic) bond motifs is 1. The van der Waals surface area contributed by atoms with Crippen LogP contribution in [0.2, 0.25) is 0 Å². The standard InChI is InChI=1S/C28H30N2O7/c1-17-7-6-8-21(13-17)36-12-11-30-22-16-20(9-10-23(22)37-18(2)28(30)32)29-27(31)19-14-24(33-3)26(35-5)25(15-19)34-4/h6-10,13-16,18H,11-12H2,1-5H3,(H,29,31). The number of aryl methyl sites for hydroxylation is 1. The number of carbonyl (C=O) groups is 2. The summed E-state index contributed by atoms with van der Waals surface area (Å²) >= 11 is 0. The Morgan fingerprint density at radius 1 is 1.00 bits per heavy atom. The molecule has 9 heteroatoms. The van der Waals surface area contributed by atoms with Crippen LogP contribution in [0.15, 0.2) is 54.6 Å². The van der Waals surface area contributed by atoms with E-state index in [0.29, 0.717) is 53.1 Å². The lowest BCUT2D eigenvalue weighted by Gasteiger charge is -2.33. The van der Waals surface area contributed by atoms with Crippen molar-refractivity contribution in [1.29, 1.82) is 0 Å². The third-order valence-electron chi connectivity index (χ3n) is 5.93. The molecule has 4 rings (SSSR count). The van der Waals surface area contributed by atoms with E-state index in [9.17, 15) is 9.59 Å². The van der Waals surface area contributed by atoms with Crippen LogP contribution in [-0.4, -0.2) is 52.4 Å². The molecule has 1 unspecified atom stereocenters. The average molecular weight is 507 g/mol. The van der Waals surface area contributed by atoms with E-state index in [0.717, 1.165) is 11.3 Å². The first-order valence-corrected chi connectivity index (χ1v) is 11.8. The van der Waals surface area contributed by atoms with Gasteiger partial charge in [0.05, 0.1) is 33.6 Å². The highest BCUT2D eigenvalue weighted by molar-refractivity contribution is 6.06. The number of carbonyl (C=O) groups excluding carboxylic acids is 2. The summed E-state index contributed by atoms with van der Waals surface area (Å²) in [5, 5.41) is 2.87. The molecule has 1 N–H and O–H groups in total. The van der Waals surface area contributed by atoms with Gasteiger partial charge < -0.3 is 33.9 Å². The van der Waals surface area contributed by atoms with Gasteiger partial charge in [-0.3, -0.25) is 9.59 Å². The molecule has 1 aliphatic heterocycles. The van der Waals surface area contributed by atoms with E-state index in [2.05, 4.69) is 5.32 Å². The van der Waals surface area contributed by atoms with Gasteiger partial charge in [0.25, 0.3) is 11.8 Å². The van der Waals surface area contributed by atoms with Crippen LogP contribution in [-0.2, 0) is 4.79 Å². The fourth-order valence-electron chi connectivity index (χ4n) is 4.09. The molecule has 0 aliphatic carbocycles. The fraction of sp³-hybridized carbons (Fsp3) is 0.286. The van der Waals surface area contributed by atoms with Crippen LogP contribution in [0.3, 0.4) is 0 Å². The van der Waals surface area contributed by atoms with Crippen LogP contribution >= 0.6 is 0 Å². The predicted octanol–water partition coefficient (Wildman–Crippen LogP) is 4.47. The molecule has 1 atom stereocenters. The van der Waals surface area contributed by atoms with Gasteiger partial charge >= 0.3 is 0 Å². The molecule has 0 saturated carbocycles. The molecular weight excluding hydrogens is 476 g/mol. The van der Waals surface area contributed by atoms with Crippen molar-refractivity contribution in [3.05, 3.63) is 65.7 Å². The number of rotatable bonds is 9. The van der Waals surface area contributed by atoms with Gasteiger partial charge in [-0.15, -0.1) is 0 Å². The Bertz CT molecular complexity index is 1280. The normalized spacial score (nSPS) is 14.4. The minimum absolute atomic E-state index is 0.187. The van der Waals surface area contributed by atoms with Gasteiger partial charge in [0, 0.05) is 11.3 Å². The summed E-state index contributed by atoms with van der Waals surface area (Å²) in [7, 11) is 4.46. The summed E-state index contributed by atoms with van der Waals surface area (Å²) in [5.74, 6) is 1.84. The molecule has 0 aromatic heterocycles. The second kappa shape index (κ2) is 11.1. The molecule has 9 nitrogen and oxygen atoms in total. The largest absolute Gasteiger partial charge is 0.493 e. The Hall–Kier alpha value is -4.40. The molecule has 1 aliphatic rings. The van der Waals surface area contributed by atoms with E-state index in [1.165, 1.54) is 21.3 Å². The van der Waals surface area contributed by atoms with Gasteiger partial charge in [-0.1, -0.05) is 12.1 Å². The highest BCUT2D eigenvalue weighted by Gasteiger charge is 2.32. The van der Waals surface area contributed by atoms with E-state index in [1.807, 2.05) is 31.2 Å². The zero-order chi connectivity index (χ0) is 26.5. The van der Waals surface area contributed by atoms with Crippen molar-refractivity contribution in [2.45, 2.75) is 20.0 Å². The zero-order valence-electron chi connectivity index (χ0n) is 21.5. The van der Waals surface area contributed by atoms with Gasteiger partial charge in [-0.2, -0.15) is 0 Å². The van der Waals surface area contributed by atoms with Crippen molar-refractivity contribution in [3.63, 3.8) is 0 Å². The van der Waals surface area contributed by atoms with Gasteiger partial charge in [0.15, 0.2) is 17.6 Å². The van der Waals surface area contributed by atoms with Crippen LogP contribution in [0.4, 0.5) is 11.4 Å². The first kappa shape index (κ1) is 25.7. The van der Waals surface area contributed by atoms with Gasteiger partial charge in [-0.05, 0) is 61.9 Å². The molecule has 194 valence electrons. The van der Waals surface area contributed by atoms with E-state index >= 15 is 0 Å². The molecular formula is C28H30N2O7. The summed E-state index contributed by atoms with van der Waals surface area (Å²) in [6.07, 6.45) is -0.633. The Balaban J connectivity index is 1.54. The van der Waals surface area contributed by atoms with E-state index < -0.39 is 6.10 Å². The van der Waals surface area contributed by atoms with Crippen LogP contribution < -0.4 is 33.9 Å². The molecule has 0 bridgehead atoms. The Morgan fingerprint density at radius 2 is 1.73 bits per heavy atom. The van der Waals surface area contributed by atoms with Crippen molar-refractivity contribution in [1.82, 2.24) is 0 Å². The molecule has 0 radical (unpaired) electrons. The number of hydrogen-bond acceptors (Lipinski definition) is 7. The van der Waals surface area contributed by atoms with Crippen LogP contribution in [0, 0.1) is 6.92 Å². The number of nitrogens with one attached hydrogen (secondary N) is 1. The monoisotopic (exact) mass is 506 g/mol. The maximum atomic E-state index is 13.1. The van der Waals surface area contributed by atoms with Crippen LogP contribution in [0.1, 0.15) is 22.8 Å².